The van der Waals surface area contributed by atoms with Crippen molar-refractivity contribution in [2.75, 3.05) is 13.2 Å². The van der Waals surface area contributed by atoms with Crippen LogP contribution in [-0.2, 0) is 11.2 Å². The fraction of sp³-hybridized carbons (Fsp3) is 0.379. The molecule has 1 saturated heterocycles. The highest BCUT2D eigenvalue weighted by atomic mass is 16.5. The van der Waals surface area contributed by atoms with E-state index >= 15 is 0 Å². The van der Waals surface area contributed by atoms with Gasteiger partial charge < -0.3 is 19.7 Å². The van der Waals surface area contributed by atoms with Crippen LogP contribution in [0.4, 0.5) is 0 Å². The summed E-state index contributed by atoms with van der Waals surface area (Å²) < 4.78 is 11.8. The van der Waals surface area contributed by atoms with E-state index in [2.05, 4.69) is 62.4 Å². The first kappa shape index (κ1) is 23.5. The van der Waals surface area contributed by atoms with Crippen LogP contribution in [0.3, 0.4) is 0 Å². The predicted octanol–water partition coefficient (Wildman–Crippen LogP) is 5.53. The van der Waals surface area contributed by atoms with Gasteiger partial charge >= 0.3 is 0 Å². The molecule has 3 aromatic rings. The molecule has 0 aliphatic carbocycles. The molecule has 4 rings (SSSR count). The van der Waals surface area contributed by atoms with Crippen molar-refractivity contribution in [3.05, 3.63) is 88.5 Å². The number of hydrogen-bond donors (Lipinski definition) is 2. The Morgan fingerprint density at radius 2 is 1.70 bits per heavy atom. The van der Waals surface area contributed by atoms with Crippen LogP contribution in [0.1, 0.15) is 53.7 Å². The zero-order valence-electron chi connectivity index (χ0n) is 19.8. The second kappa shape index (κ2) is 10.5. The molecule has 1 fully saturated rings. The largest absolute Gasteiger partial charge is 0.494 e. The fourth-order valence-corrected chi connectivity index (χ4v) is 4.61. The van der Waals surface area contributed by atoms with Crippen LogP contribution < -0.4 is 4.74 Å². The van der Waals surface area contributed by atoms with Crippen LogP contribution in [-0.4, -0.2) is 35.6 Å². The molecular weight excluding hydrogens is 412 g/mol. The zero-order valence-corrected chi connectivity index (χ0v) is 19.8. The van der Waals surface area contributed by atoms with Gasteiger partial charge in [-0.3, -0.25) is 0 Å². The van der Waals surface area contributed by atoms with Gasteiger partial charge in [0, 0.05) is 12.8 Å². The van der Waals surface area contributed by atoms with E-state index < -0.39 is 6.10 Å². The lowest BCUT2D eigenvalue weighted by atomic mass is 9.87. The summed E-state index contributed by atoms with van der Waals surface area (Å²) in [6, 6.07) is 21.3. The molecule has 0 aromatic heterocycles. The fourth-order valence-electron chi connectivity index (χ4n) is 4.61. The number of rotatable bonds is 7. The molecule has 0 saturated carbocycles. The lowest BCUT2D eigenvalue weighted by molar-refractivity contribution is -0.113. The maximum Gasteiger partial charge on any atom is 0.119 e. The molecule has 2 N–H and O–H groups in total. The van der Waals surface area contributed by atoms with Crippen molar-refractivity contribution in [3.8, 4) is 16.9 Å². The minimum atomic E-state index is -0.473. The number of aliphatic hydroxyl groups excluding tert-OH is 2. The van der Waals surface area contributed by atoms with Crippen LogP contribution in [0.5, 0.6) is 5.75 Å². The van der Waals surface area contributed by atoms with E-state index in [1.54, 1.807) is 0 Å². The summed E-state index contributed by atoms with van der Waals surface area (Å²) in [5.41, 5.74) is 8.32. The highest BCUT2D eigenvalue weighted by Gasteiger charge is 2.29. The van der Waals surface area contributed by atoms with Crippen molar-refractivity contribution < 1.29 is 19.7 Å². The van der Waals surface area contributed by atoms with Crippen molar-refractivity contribution in [3.63, 3.8) is 0 Å². The molecule has 0 spiro atoms. The normalized spacial score (nSPS) is 20.6. The lowest BCUT2D eigenvalue weighted by Gasteiger charge is -2.33. The third-order valence-corrected chi connectivity index (χ3v) is 6.48. The lowest BCUT2D eigenvalue weighted by Crippen LogP contribution is -2.33. The molecule has 0 bridgehead atoms. The first-order chi connectivity index (χ1) is 16.0. The molecule has 1 heterocycles. The van der Waals surface area contributed by atoms with Gasteiger partial charge in [-0.2, -0.15) is 0 Å². The standard InChI is InChI=1S/C29H34O4/c1-4-32-26-11-7-21(8-12-26)13-23-14-24(29-17-25(31)16-27(18-30)33-29)15-28(20(23)3)22-9-5-19(2)6-10-22/h5-12,14-15,25,27,29-31H,4,13,16-18H2,1-3H3. The van der Waals surface area contributed by atoms with Gasteiger partial charge in [-0.25, -0.2) is 0 Å². The molecular formula is C29H34O4. The number of aryl methyl sites for hydroxylation is 1. The second-order valence-electron chi connectivity index (χ2n) is 9.03. The Bertz CT molecular complexity index is 1060. The molecule has 3 atom stereocenters. The van der Waals surface area contributed by atoms with Gasteiger partial charge in [0.1, 0.15) is 5.75 Å². The Balaban J connectivity index is 1.73. The van der Waals surface area contributed by atoms with Crippen molar-refractivity contribution in [2.45, 2.75) is 58.3 Å². The van der Waals surface area contributed by atoms with Crippen LogP contribution in [0.2, 0.25) is 0 Å². The molecule has 3 aromatic carbocycles. The van der Waals surface area contributed by atoms with E-state index in [0.29, 0.717) is 19.4 Å². The Hall–Kier alpha value is -2.66. The third-order valence-electron chi connectivity index (χ3n) is 6.48. The van der Waals surface area contributed by atoms with Gasteiger partial charge in [0.25, 0.3) is 0 Å². The molecule has 4 heteroatoms. The van der Waals surface area contributed by atoms with Crippen molar-refractivity contribution in [1.82, 2.24) is 0 Å². The van der Waals surface area contributed by atoms with E-state index in [4.69, 9.17) is 9.47 Å². The molecule has 4 nitrogen and oxygen atoms in total. The molecule has 174 valence electrons. The summed E-state index contributed by atoms with van der Waals surface area (Å²) in [4.78, 5) is 0. The highest BCUT2D eigenvalue weighted by Crippen LogP contribution is 2.37. The van der Waals surface area contributed by atoms with E-state index in [0.717, 1.165) is 17.7 Å². The van der Waals surface area contributed by atoms with E-state index in [1.807, 2.05) is 19.1 Å². The quantitative estimate of drug-likeness (QED) is 0.501. The van der Waals surface area contributed by atoms with Crippen LogP contribution >= 0.6 is 0 Å². The Morgan fingerprint density at radius 1 is 0.970 bits per heavy atom. The minimum Gasteiger partial charge on any atom is -0.494 e. The Kier molecular flexibility index (Phi) is 7.49. The maximum absolute atomic E-state index is 10.4. The van der Waals surface area contributed by atoms with Crippen LogP contribution in [0, 0.1) is 13.8 Å². The van der Waals surface area contributed by atoms with E-state index in [-0.39, 0.29) is 18.8 Å². The highest BCUT2D eigenvalue weighted by molar-refractivity contribution is 5.70. The van der Waals surface area contributed by atoms with Gasteiger partial charge in [0.15, 0.2) is 0 Å². The third kappa shape index (κ3) is 5.64. The van der Waals surface area contributed by atoms with Crippen molar-refractivity contribution >= 4 is 0 Å². The number of ether oxygens (including phenoxy) is 2. The summed E-state index contributed by atoms with van der Waals surface area (Å²) >= 11 is 0. The summed E-state index contributed by atoms with van der Waals surface area (Å²) in [6.45, 7) is 6.83. The summed E-state index contributed by atoms with van der Waals surface area (Å²) in [5, 5.41) is 20.0. The smallest absolute Gasteiger partial charge is 0.119 e. The minimum absolute atomic E-state index is 0.0801. The predicted molar refractivity (Wildman–Crippen MR) is 132 cm³/mol. The number of aliphatic hydroxyl groups is 2. The summed E-state index contributed by atoms with van der Waals surface area (Å²) in [5.74, 6) is 0.881. The Labute approximate surface area is 196 Å². The SMILES string of the molecule is CCOc1ccc(Cc2cc(C3CC(O)CC(CO)O3)cc(-c3ccc(C)cc3)c2C)cc1. The summed E-state index contributed by atoms with van der Waals surface area (Å²) in [6.07, 6.45) is 0.758. The first-order valence-corrected chi connectivity index (χ1v) is 11.8. The number of hydrogen-bond acceptors (Lipinski definition) is 4. The van der Waals surface area contributed by atoms with Crippen LogP contribution in [0.25, 0.3) is 11.1 Å². The summed E-state index contributed by atoms with van der Waals surface area (Å²) in [7, 11) is 0. The van der Waals surface area contributed by atoms with Gasteiger partial charge in [-0.05, 0) is 78.8 Å². The first-order valence-electron chi connectivity index (χ1n) is 11.8. The molecule has 3 unspecified atom stereocenters. The average molecular weight is 447 g/mol. The van der Waals surface area contributed by atoms with Crippen molar-refractivity contribution in [2.24, 2.45) is 0 Å². The molecule has 33 heavy (non-hydrogen) atoms. The zero-order chi connectivity index (χ0) is 23.4. The monoisotopic (exact) mass is 446 g/mol. The molecule has 1 aliphatic heterocycles. The second-order valence-corrected chi connectivity index (χ2v) is 9.03. The van der Waals surface area contributed by atoms with E-state index in [9.17, 15) is 10.2 Å². The number of benzene rings is 3. The van der Waals surface area contributed by atoms with Gasteiger partial charge in [0.2, 0.25) is 0 Å². The molecule has 0 amide bonds. The maximum atomic E-state index is 10.4. The average Bonchev–Trinajstić information content (AvgIpc) is 2.82. The van der Waals surface area contributed by atoms with Gasteiger partial charge in [-0.15, -0.1) is 0 Å². The van der Waals surface area contributed by atoms with Gasteiger partial charge in [-0.1, -0.05) is 48.0 Å². The van der Waals surface area contributed by atoms with Gasteiger partial charge in [0.05, 0.1) is 31.5 Å². The topological polar surface area (TPSA) is 58.9 Å². The molecule has 1 aliphatic rings. The molecule has 0 radical (unpaired) electrons. The van der Waals surface area contributed by atoms with Crippen LogP contribution in [0.15, 0.2) is 60.7 Å². The van der Waals surface area contributed by atoms with Crippen molar-refractivity contribution in [1.29, 1.82) is 0 Å². The Morgan fingerprint density at radius 3 is 2.36 bits per heavy atom. The van der Waals surface area contributed by atoms with E-state index in [1.165, 1.54) is 33.4 Å².